The minimum atomic E-state index is -0.472. The summed E-state index contributed by atoms with van der Waals surface area (Å²) in [4.78, 5) is 15.2. The Morgan fingerprint density at radius 3 is 2.39 bits per heavy atom. The molecule has 3 rings (SSSR count). The van der Waals surface area contributed by atoms with Crippen molar-refractivity contribution in [3.63, 3.8) is 0 Å². The normalized spacial score (nSPS) is 12.5. The van der Waals surface area contributed by atoms with Gasteiger partial charge in [-0.15, -0.1) is 0 Å². The van der Waals surface area contributed by atoms with Gasteiger partial charge in [-0.3, -0.25) is 4.79 Å². The quantitative estimate of drug-likeness (QED) is 0.214. The van der Waals surface area contributed by atoms with Crippen LogP contribution >= 0.6 is 0 Å². The highest BCUT2D eigenvalue weighted by atomic mass is 16.5. The molecule has 0 saturated carbocycles. The molecule has 36 heavy (non-hydrogen) atoms. The Labute approximate surface area is 215 Å². The summed E-state index contributed by atoms with van der Waals surface area (Å²) >= 11 is 0. The molecule has 1 N–H and O–H groups in total. The number of hydrogen-bond donors (Lipinski definition) is 1. The monoisotopic (exact) mass is 492 g/mol. The van der Waals surface area contributed by atoms with E-state index in [-0.39, 0.29) is 5.78 Å². The minimum absolute atomic E-state index is 0.115. The second-order valence-corrected chi connectivity index (χ2v) is 9.18. The Hall–Kier alpha value is -3.09. The standard InChI is InChI=1S/C30H40N2O4/c1-5-7-17-31(18-8-6-2)21-25(33)22-32-20-24(26-11-9-10-12-27(26)32)13-15-28(34)23-14-16-29(35-3)30(19-23)36-4/h9-16,19-20,25,33H,5-8,17-18,21-22H2,1-4H3/b15-13-/t25-/m1/s1. The number of carbonyl (C=O) groups excluding carboxylic acids is 1. The smallest absolute Gasteiger partial charge is 0.185 e. The molecule has 0 bridgehead atoms. The third-order valence-corrected chi connectivity index (χ3v) is 6.43. The van der Waals surface area contributed by atoms with Crippen LogP contribution in [-0.2, 0) is 6.54 Å². The van der Waals surface area contributed by atoms with Crippen LogP contribution < -0.4 is 9.47 Å². The highest BCUT2D eigenvalue weighted by molar-refractivity contribution is 6.08. The number of aliphatic hydroxyl groups excluding tert-OH is 1. The fraction of sp³-hybridized carbons (Fsp3) is 0.433. The summed E-state index contributed by atoms with van der Waals surface area (Å²) in [7, 11) is 3.12. The molecule has 6 nitrogen and oxygen atoms in total. The van der Waals surface area contributed by atoms with Crippen molar-refractivity contribution in [2.75, 3.05) is 33.9 Å². The summed E-state index contributed by atoms with van der Waals surface area (Å²) in [6.07, 6.45) is 9.57. The van der Waals surface area contributed by atoms with E-state index in [9.17, 15) is 9.90 Å². The molecule has 1 aromatic heterocycles. The van der Waals surface area contributed by atoms with E-state index in [0.29, 0.717) is 30.2 Å². The maximum absolute atomic E-state index is 12.9. The van der Waals surface area contributed by atoms with Gasteiger partial charge in [0.05, 0.1) is 20.3 Å². The molecule has 0 fully saturated rings. The molecule has 0 saturated heterocycles. The van der Waals surface area contributed by atoms with Crippen molar-refractivity contribution in [2.45, 2.75) is 52.2 Å². The number of benzene rings is 2. The van der Waals surface area contributed by atoms with Crippen molar-refractivity contribution in [1.29, 1.82) is 0 Å². The number of fused-ring (bicyclic) bond motifs is 1. The second kappa shape index (κ2) is 13.9. The number of ketones is 1. The number of methoxy groups -OCH3 is 2. The molecule has 0 aliphatic carbocycles. The lowest BCUT2D eigenvalue weighted by molar-refractivity contribution is 0.0973. The first-order chi connectivity index (χ1) is 17.5. The van der Waals surface area contributed by atoms with E-state index in [2.05, 4.69) is 29.4 Å². The molecular weight excluding hydrogens is 452 g/mol. The molecule has 0 radical (unpaired) electrons. The molecule has 0 aliphatic heterocycles. The Morgan fingerprint density at radius 1 is 1.03 bits per heavy atom. The summed E-state index contributed by atoms with van der Waals surface area (Å²) in [5.74, 6) is 0.993. The number of para-hydroxylation sites is 1. The van der Waals surface area contributed by atoms with Gasteiger partial charge >= 0.3 is 0 Å². The zero-order chi connectivity index (χ0) is 25.9. The number of aromatic nitrogens is 1. The molecule has 0 unspecified atom stereocenters. The molecule has 194 valence electrons. The van der Waals surface area contributed by atoms with E-state index in [1.807, 2.05) is 30.5 Å². The Balaban J connectivity index is 1.77. The van der Waals surface area contributed by atoms with Gasteiger partial charge in [-0.05, 0) is 62.3 Å². The third-order valence-electron chi connectivity index (χ3n) is 6.43. The van der Waals surface area contributed by atoms with Crippen molar-refractivity contribution in [2.24, 2.45) is 0 Å². The predicted octanol–water partition coefficient (Wildman–Crippen LogP) is 5.82. The number of allylic oxidation sites excluding steroid dienone is 1. The Kier molecular flexibility index (Phi) is 10.6. The van der Waals surface area contributed by atoms with E-state index in [0.717, 1.165) is 55.2 Å². The lowest BCUT2D eigenvalue weighted by Crippen LogP contribution is -2.36. The average Bonchev–Trinajstić information content (AvgIpc) is 3.25. The number of rotatable bonds is 15. The van der Waals surface area contributed by atoms with Crippen LogP contribution in [0.3, 0.4) is 0 Å². The summed E-state index contributed by atoms with van der Waals surface area (Å²) < 4.78 is 12.7. The van der Waals surface area contributed by atoms with E-state index in [4.69, 9.17) is 9.47 Å². The molecule has 0 amide bonds. The van der Waals surface area contributed by atoms with Crippen molar-refractivity contribution in [3.8, 4) is 11.5 Å². The van der Waals surface area contributed by atoms with E-state index < -0.39 is 6.10 Å². The average molecular weight is 493 g/mol. The van der Waals surface area contributed by atoms with Crippen LogP contribution in [0.4, 0.5) is 0 Å². The number of hydrogen-bond acceptors (Lipinski definition) is 5. The lowest BCUT2D eigenvalue weighted by Gasteiger charge is -2.25. The van der Waals surface area contributed by atoms with Crippen molar-refractivity contribution < 1.29 is 19.4 Å². The van der Waals surface area contributed by atoms with Gasteiger partial charge in [0.25, 0.3) is 0 Å². The first-order valence-electron chi connectivity index (χ1n) is 12.9. The first kappa shape index (κ1) is 27.5. The van der Waals surface area contributed by atoms with Gasteiger partial charge in [-0.2, -0.15) is 0 Å². The maximum Gasteiger partial charge on any atom is 0.185 e. The number of nitrogens with zero attached hydrogens (tertiary/aromatic N) is 2. The van der Waals surface area contributed by atoms with Gasteiger partial charge in [-0.25, -0.2) is 0 Å². The van der Waals surface area contributed by atoms with Crippen LogP contribution in [0.25, 0.3) is 17.0 Å². The van der Waals surface area contributed by atoms with E-state index in [1.54, 1.807) is 38.5 Å². The molecule has 0 aliphatic rings. The molecule has 1 atom stereocenters. The Bertz CT molecular complexity index is 1140. The predicted molar refractivity (Wildman–Crippen MR) is 147 cm³/mol. The fourth-order valence-electron chi connectivity index (χ4n) is 4.45. The van der Waals surface area contributed by atoms with Crippen LogP contribution in [-0.4, -0.2) is 60.3 Å². The van der Waals surface area contributed by atoms with Gasteiger partial charge in [-0.1, -0.05) is 44.9 Å². The zero-order valence-electron chi connectivity index (χ0n) is 22.1. The zero-order valence-corrected chi connectivity index (χ0v) is 22.1. The summed E-state index contributed by atoms with van der Waals surface area (Å²) in [6, 6.07) is 13.3. The van der Waals surface area contributed by atoms with Crippen LogP contribution in [0, 0.1) is 0 Å². The number of aliphatic hydroxyl groups is 1. The van der Waals surface area contributed by atoms with E-state index in [1.165, 1.54) is 0 Å². The van der Waals surface area contributed by atoms with Crippen molar-refractivity contribution >= 4 is 22.8 Å². The highest BCUT2D eigenvalue weighted by Crippen LogP contribution is 2.28. The molecular formula is C30H40N2O4. The van der Waals surface area contributed by atoms with Gasteiger partial charge in [0.1, 0.15) is 0 Å². The highest BCUT2D eigenvalue weighted by Gasteiger charge is 2.15. The molecule has 0 spiro atoms. The minimum Gasteiger partial charge on any atom is -0.493 e. The lowest BCUT2D eigenvalue weighted by atomic mass is 10.1. The number of carbonyl (C=O) groups is 1. The topological polar surface area (TPSA) is 63.9 Å². The largest absolute Gasteiger partial charge is 0.493 e. The van der Waals surface area contributed by atoms with Gasteiger partial charge < -0.3 is 24.0 Å². The first-order valence-corrected chi connectivity index (χ1v) is 12.9. The third kappa shape index (κ3) is 7.21. The maximum atomic E-state index is 12.9. The van der Waals surface area contributed by atoms with Gasteiger partial charge in [0, 0.05) is 41.3 Å². The van der Waals surface area contributed by atoms with E-state index >= 15 is 0 Å². The van der Waals surface area contributed by atoms with Crippen LogP contribution in [0.5, 0.6) is 11.5 Å². The fourth-order valence-corrected chi connectivity index (χ4v) is 4.45. The molecule has 6 heteroatoms. The molecule has 1 heterocycles. The van der Waals surface area contributed by atoms with Crippen molar-refractivity contribution in [3.05, 3.63) is 65.9 Å². The second-order valence-electron chi connectivity index (χ2n) is 9.18. The summed E-state index contributed by atoms with van der Waals surface area (Å²) in [5.41, 5.74) is 2.52. The van der Waals surface area contributed by atoms with Crippen molar-refractivity contribution in [1.82, 2.24) is 9.47 Å². The number of unbranched alkanes of at least 4 members (excludes halogenated alkanes) is 2. The summed E-state index contributed by atoms with van der Waals surface area (Å²) in [5, 5.41) is 12.0. The Morgan fingerprint density at radius 2 is 1.72 bits per heavy atom. The van der Waals surface area contributed by atoms with Crippen LogP contribution in [0.2, 0.25) is 0 Å². The molecule has 3 aromatic rings. The number of ether oxygens (including phenoxy) is 2. The van der Waals surface area contributed by atoms with Gasteiger partial charge in [0.2, 0.25) is 0 Å². The van der Waals surface area contributed by atoms with Gasteiger partial charge in [0.15, 0.2) is 17.3 Å². The summed E-state index contributed by atoms with van der Waals surface area (Å²) in [6.45, 7) is 7.61. The molecule has 2 aromatic carbocycles. The van der Waals surface area contributed by atoms with Crippen LogP contribution in [0.1, 0.15) is 55.5 Å². The SMILES string of the molecule is CCCCN(CCCC)C[C@@H](O)Cn1cc(/C=C\C(=O)c2ccc(OC)c(OC)c2)c2ccccc21. The van der Waals surface area contributed by atoms with Crippen LogP contribution in [0.15, 0.2) is 54.7 Å².